The molecule has 7 nitrogen and oxygen atoms in total. The molecule has 1 fully saturated rings. The molecule has 2 atom stereocenters. The van der Waals surface area contributed by atoms with Crippen molar-refractivity contribution in [2.24, 2.45) is 0 Å². The van der Waals surface area contributed by atoms with Crippen molar-refractivity contribution in [1.82, 2.24) is 20.1 Å². The molecule has 4 aromatic rings. The first-order valence-corrected chi connectivity index (χ1v) is 14.3. The Kier molecular flexibility index (Phi) is 8.99. The van der Waals surface area contributed by atoms with Gasteiger partial charge < -0.3 is 19.7 Å². The van der Waals surface area contributed by atoms with Crippen molar-refractivity contribution >= 4 is 32.7 Å². The van der Waals surface area contributed by atoms with E-state index >= 15 is 0 Å². The highest BCUT2D eigenvalue weighted by Gasteiger charge is 2.35. The highest BCUT2D eigenvalue weighted by atomic mass is 79.9. The minimum absolute atomic E-state index is 0.0514. The lowest BCUT2D eigenvalue weighted by molar-refractivity contribution is -0.136. The number of methoxy groups -OCH3 is 2. The lowest BCUT2D eigenvalue weighted by Gasteiger charge is -2.39. The van der Waals surface area contributed by atoms with Gasteiger partial charge in [0.1, 0.15) is 5.75 Å². The van der Waals surface area contributed by atoms with Crippen molar-refractivity contribution in [3.8, 4) is 11.6 Å². The number of pyridine rings is 1. The monoisotopic (exact) mass is 602 g/mol. The SMILES string of the molecule is COc1ccc(C(C)N(C(=O)CN2CCNCC2)C(c2ccccc2)c2cc3cc(Br)ccc3nc2OC)cc1. The minimum Gasteiger partial charge on any atom is -0.497 e. The molecule has 1 N–H and O–H groups in total. The number of carbonyl (C=O) groups excluding carboxylic acids is 1. The molecule has 1 amide bonds. The number of benzene rings is 3. The van der Waals surface area contributed by atoms with Crippen LogP contribution in [0.4, 0.5) is 0 Å². The topological polar surface area (TPSA) is 66.9 Å². The number of rotatable bonds is 9. The summed E-state index contributed by atoms with van der Waals surface area (Å²) >= 11 is 3.60. The van der Waals surface area contributed by atoms with Gasteiger partial charge in [0, 0.05) is 41.6 Å². The maximum Gasteiger partial charge on any atom is 0.238 e. The van der Waals surface area contributed by atoms with Crippen molar-refractivity contribution in [2.45, 2.75) is 19.0 Å². The second kappa shape index (κ2) is 12.8. The largest absolute Gasteiger partial charge is 0.497 e. The summed E-state index contributed by atoms with van der Waals surface area (Å²) in [4.78, 5) is 23.5. The zero-order chi connectivity index (χ0) is 28.1. The van der Waals surface area contributed by atoms with Crippen LogP contribution in [0.5, 0.6) is 11.6 Å². The van der Waals surface area contributed by atoms with Crippen molar-refractivity contribution in [3.63, 3.8) is 0 Å². The van der Waals surface area contributed by atoms with E-state index in [0.717, 1.165) is 64.0 Å². The predicted octanol–water partition coefficient (Wildman–Crippen LogP) is 5.60. The Labute approximate surface area is 244 Å². The molecule has 1 aliphatic rings. The van der Waals surface area contributed by atoms with E-state index in [1.165, 1.54) is 0 Å². The van der Waals surface area contributed by atoms with Crippen LogP contribution >= 0.6 is 15.9 Å². The zero-order valence-electron chi connectivity index (χ0n) is 23.1. The molecule has 1 aliphatic heterocycles. The van der Waals surface area contributed by atoms with Crippen LogP contribution < -0.4 is 14.8 Å². The number of amides is 1. The summed E-state index contributed by atoms with van der Waals surface area (Å²) in [5, 5.41) is 4.35. The van der Waals surface area contributed by atoms with Gasteiger partial charge in [-0.3, -0.25) is 9.69 Å². The molecule has 1 saturated heterocycles. The number of piperazine rings is 1. The van der Waals surface area contributed by atoms with E-state index in [4.69, 9.17) is 14.5 Å². The lowest BCUT2D eigenvalue weighted by Crippen LogP contribution is -2.49. The van der Waals surface area contributed by atoms with Crippen LogP contribution in [-0.2, 0) is 4.79 Å². The summed E-state index contributed by atoms with van der Waals surface area (Å²) in [7, 11) is 3.29. The molecular formula is C32H35BrN4O3. The van der Waals surface area contributed by atoms with Gasteiger partial charge in [-0.1, -0.05) is 58.4 Å². The minimum atomic E-state index is -0.431. The first-order chi connectivity index (χ1) is 19.5. The second-order valence-electron chi connectivity index (χ2n) is 10.0. The fourth-order valence-corrected chi connectivity index (χ4v) is 5.78. The summed E-state index contributed by atoms with van der Waals surface area (Å²) in [5.74, 6) is 1.33. The summed E-state index contributed by atoms with van der Waals surface area (Å²) in [6, 6.07) is 25.5. The Balaban J connectivity index is 1.68. The van der Waals surface area contributed by atoms with Crippen LogP contribution in [-0.4, -0.2) is 67.6 Å². The van der Waals surface area contributed by atoms with E-state index in [1.807, 2.05) is 65.6 Å². The van der Waals surface area contributed by atoms with Crippen LogP contribution in [0.25, 0.3) is 10.9 Å². The van der Waals surface area contributed by atoms with E-state index in [-0.39, 0.29) is 11.9 Å². The van der Waals surface area contributed by atoms with Gasteiger partial charge >= 0.3 is 0 Å². The maximum atomic E-state index is 14.4. The average Bonchev–Trinajstić information content (AvgIpc) is 2.99. The number of fused-ring (bicyclic) bond motifs is 1. The molecule has 208 valence electrons. The number of halogens is 1. The van der Waals surface area contributed by atoms with Crippen LogP contribution in [0.2, 0.25) is 0 Å². The van der Waals surface area contributed by atoms with Crippen LogP contribution in [0.15, 0.2) is 83.3 Å². The lowest BCUT2D eigenvalue weighted by atomic mass is 9.93. The third-order valence-corrected chi connectivity index (χ3v) is 8.02. The molecule has 0 aliphatic carbocycles. The molecule has 40 heavy (non-hydrogen) atoms. The average molecular weight is 604 g/mol. The number of carbonyl (C=O) groups is 1. The second-order valence-corrected chi connectivity index (χ2v) is 10.9. The highest BCUT2D eigenvalue weighted by Crippen LogP contribution is 2.40. The van der Waals surface area contributed by atoms with Crippen molar-refractivity contribution in [2.75, 3.05) is 46.9 Å². The van der Waals surface area contributed by atoms with Crippen LogP contribution in [0, 0.1) is 0 Å². The first-order valence-electron chi connectivity index (χ1n) is 13.6. The molecule has 1 aromatic heterocycles. The molecule has 3 aromatic carbocycles. The third kappa shape index (κ3) is 6.14. The van der Waals surface area contributed by atoms with Gasteiger partial charge in [0.2, 0.25) is 11.8 Å². The summed E-state index contributed by atoms with van der Waals surface area (Å²) in [5.41, 5.74) is 3.68. The van der Waals surface area contributed by atoms with Crippen LogP contribution in [0.1, 0.15) is 35.7 Å². The molecule has 5 rings (SSSR count). The van der Waals surface area contributed by atoms with Gasteiger partial charge in [0.05, 0.1) is 38.4 Å². The van der Waals surface area contributed by atoms with Gasteiger partial charge in [-0.25, -0.2) is 4.98 Å². The van der Waals surface area contributed by atoms with Gasteiger partial charge in [-0.15, -0.1) is 0 Å². The molecule has 8 heteroatoms. The Morgan fingerprint density at radius 2 is 1.70 bits per heavy atom. The first kappa shape index (κ1) is 28.1. The molecule has 2 unspecified atom stereocenters. The number of nitrogens with zero attached hydrogens (tertiary/aromatic N) is 3. The number of hydrogen-bond donors (Lipinski definition) is 1. The Hall–Kier alpha value is -3.46. The van der Waals surface area contributed by atoms with E-state index < -0.39 is 6.04 Å². The number of nitrogens with one attached hydrogen (secondary N) is 1. The Morgan fingerprint density at radius 1 is 0.975 bits per heavy atom. The number of ether oxygens (including phenoxy) is 2. The third-order valence-electron chi connectivity index (χ3n) is 7.52. The molecule has 0 saturated carbocycles. The fraction of sp³-hybridized carbons (Fsp3) is 0.312. The zero-order valence-corrected chi connectivity index (χ0v) is 24.7. The molecule has 0 spiro atoms. The fourth-order valence-electron chi connectivity index (χ4n) is 5.40. The summed E-state index contributed by atoms with van der Waals surface area (Å²) in [6.07, 6.45) is 0. The van der Waals surface area contributed by atoms with E-state index in [0.29, 0.717) is 12.4 Å². The summed E-state index contributed by atoms with van der Waals surface area (Å²) < 4.78 is 12.3. The molecule has 0 radical (unpaired) electrons. The molecular weight excluding hydrogens is 568 g/mol. The smallest absolute Gasteiger partial charge is 0.238 e. The maximum absolute atomic E-state index is 14.4. The number of aromatic nitrogens is 1. The molecule has 2 heterocycles. The van der Waals surface area contributed by atoms with Gasteiger partial charge in [-0.05, 0) is 54.4 Å². The van der Waals surface area contributed by atoms with Crippen molar-refractivity contribution in [1.29, 1.82) is 0 Å². The molecule has 0 bridgehead atoms. The highest BCUT2D eigenvalue weighted by molar-refractivity contribution is 9.10. The Morgan fingerprint density at radius 3 is 2.38 bits per heavy atom. The van der Waals surface area contributed by atoms with Crippen LogP contribution in [0.3, 0.4) is 0 Å². The quantitative estimate of drug-likeness (QED) is 0.269. The van der Waals surface area contributed by atoms with Gasteiger partial charge in [-0.2, -0.15) is 0 Å². The van der Waals surface area contributed by atoms with Crippen molar-refractivity contribution < 1.29 is 14.3 Å². The Bertz CT molecular complexity index is 1440. The van der Waals surface area contributed by atoms with Crippen molar-refractivity contribution in [3.05, 3.63) is 100 Å². The van der Waals surface area contributed by atoms with E-state index in [9.17, 15) is 4.79 Å². The van der Waals surface area contributed by atoms with E-state index in [2.05, 4.69) is 51.3 Å². The normalized spacial score (nSPS) is 15.4. The van der Waals surface area contributed by atoms with E-state index in [1.54, 1.807) is 14.2 Å². The number of hydrogen-bond acceptors (Lipinski definition) is 6. The predicted molar refractivity (Wildman–Crippen MR) is 162 cm³/mol. The standard InChI is InChI=1S/C32H35BrN4O3/c1-22(23-9-12-27(39-2)13-10-23)37(30(38)21-36-17-15-34-16-18-36)31(24-7-5-4-6-8-24)28-20-25-19-26(33)11-14-29(25)35-32(28)40-3/h4-14,19-20,22,31,34H,15-18,21H2,1-3H3. The van der Waals surface area contributed by atoms with Gasteiger partial charge in [0.15, 0.2) is 0 Å². The summed E-state index contributed by atoms with van der Waals surface area (Å²) in [6.45, 7) is 5.84. The van der Waals surface area contributed by atoms with Gasteiger partial charge in [0.25, 0.3) is 0 Å².